The molecule has 39 heavy (non-hydrogen) atoms. The molecule has 2 aromatic carbocycles. The van der Waals surface area contributed by atoms with Gasteiger partial charge in [-0.25, -0.2) is 9.67 Å². The van der Waals surface area contributed by atoms with Gasteiger partial charge in [0.25, 0.3) is 0 Å². The van der Waals surface area contributed by atoms with Crippen molar-refractivity contribution in [1.82, 2.24) is 25.0 Å². The van der Waals surface area contributed by atoms with Crippen molar-refractivity contribution in [3.05, 3.63) is 70.6 Å². The Balaban J connectivity index is 1.49. The molecule has 9 heteroatoms. The molecule has 0 bridgehead atoms. The van der Waals surface area contributed by atoms with E-state index in [-0.39, 0.29) is 11.5 Å². The molecule has 0 amide bonds. The van der Waals surface area contributed by atoms with Gasteiger partial charge in [-0.15, -0.1) is 22.9 Å². The first-order valence-electron chi connectivity index (χ1n) is 12.9. The number of fused-ring (bicyclic) bond motifs is 2. The highest BCUT2D eigenvalue weighted by atomic mass is 32.1. The molecule has 1 aliphatic rings. The van der Waals surface area contributed by atoms with E-state index in [1.807, 2.05) is 40.7 Å². The lowest BCUT2D eigenvalue weighted by molar-refractivity contribution is 0.443. The summed E-state index contributed by atoms with van der Waals surface area (Å²) in [6.07, 6.45) is 11.8. The number of nitriles is 1. The Bertz CT molecular complexity index is 1780. The zero-order chi connectivity index (χ0) is 27.1. The van der Waals surface area contributed by atoms with Gasteiger partial charge in [0.15, 0.2) is 0 Å². The average Bonchev–Trinajstić information content (AvgIpc) is 3.45. The summed E-state index contributed by atoms with van der Waals surface area (Å²) < 4.78 is 3.04. The predicted octanol–water partition coefficient (Wildman–Crippen LogP) is 6.28. The maximum atomic E-state index is 10.1. The van der Waals surface area contributed by atoms with Gasteiger partial charge in [-0.3, -0.25) is 4.98 Å². The lowest BCUT2D eigenvalue weighted by Gasteiger charge is -2.22. The lowest BCUT2D eigenvalue weighted by Crippen LogP contribution is -2.20. The second-order valence-corrected chi connectivity index (χ2v) is 12.0. The minimum absolute atomic E-state index is 0.0291. The fourth-order valence-electron chi connectivity index (χ4n) is 4.68. The van der Waals surface area contributed by atoms with Crippen LogP contribution in [-0.2, 0) is 0 Å². The number of nitrogens with zero attached hydrogens (tertiary/aromatic N) is 6. The number of rotatable bonds is 7. The molecule has 1 fully saturated rings. The number of thiazole rings is 1. The minimum Gasteiger partial charge on any atom is -0.383 e. The second kappa shape index (κ2) is 9.68. The number of pyridine rings is 1. The van der Waals surface area contributed by atoms with Gasteiger partial charge in [0, 0.05) is 23.8 Å². The molecule has 0 spiro atoms. The molecule has 3 heterocycles. The molecule has 5 aromatic rings. The molecule has 1 aliphatic carbocycles. The molecule has 0 unspecified atom stereocenters. The summed E-state index contributed by atoms with van der Waals surface area (Å²) in [6, 6.07) is 12.4. The normalized spacial score (nSPS) is 14.2. The van der Waals surface area contributed by atoms with E-state index in [9.17, 15) is 5.26 Å². The minimum atomic E-state index is -0.305. The van der Waals surface area contributed by atoms with Crippen molar-refractivity contribution >= 4 is 43.8 Å². The van der Waals surface area contributed by atoms with E-state index in [2.05, 4.69) is 69.7 Å². The SMILES string of the molecule is C#Cc1cnc2c(C#N)cc(N[C@H](c3cn(C4CC4)nn3)c3cccc4ncsc34)cc2c1NCC(C)(C)C. The topological polar surface area (TPSA) is 104 Å². The first-order valence-corrected chi connectivity index (χ1v) is 13.8. The monoisotopic (exact) mass is 532 g/mol. The van der Waals surface area contributed by atoms with Crippen LogP contribution in [0.25, 0.3) is 21.1 Å². The molecule has 1 saturated carbocycles. The molecule has 2 N–H and O–H groups in total. The molecule has 1 atom stereocenters. The van der Waals surface area contributed by atoms with E-state index in [4.69, 9.17) is 6.42 Å². The maximum Gasteiger partial charge on any atom is 0.110 e. The Morgan fingerprint density at radius 1 is 1.21 bits per heavy atom. The number of terminal acetylenes is 1. The smallest absolute Gasteiger partial charge is 0.110 e. The largest absolute Gasteiger partial charge is 0.383 e. The van der Waals surface area contributed by atoms with E-state index >= 15 is 0 Å². The predicted molar refractivity (Wildman–Crippen MR) is 156 cm³/mol. The zero-order valence-corrected chi connectivity index (χ0v) is 22.9. The third kappa shape index (κ3) is 4.89. The highest BCUT2D eigenvalue weighted by molar-refractivity contribution is 7.17. The summed E-state index contributed by atoms with van der Waals surface area (Å²) in [7, 11) is 0. The molecule has 3 aromatic heterocycles. The van der Waals surface area contributed by atoms with Crippen LogP contribution in [0.4, 0.5) is 11.4 Å². The van der Waals surface area contributed by atoms with Crippen molar-refractivity contribution in [3.63, 3.8) is 0 Å². The van der Waals surface area contributed by atoms with Gasteiger partial charge in [-0.05, 0) is 42.0 Å². The van der Waals surface area contributed by atoms with Crippen LogP contribution in [0.3, 0.4) is 0 Å². The Kier molecular flexibility index (Phi) is 6.17. The number of benzene rings is 2. The summed E-state index contributed by atoms with van der Waals surface area (Å²) >= 11 is 1.60. The Morgan fingerprint density at radius 2 is 2.05 bits per heavy atom. The average molecular weight is 533 g/mol. The van der Waals surface area contributed by atoms with Crippen LogP contribution >= 0.6 is 11.3 Å². The van der Waals surface area contributed by atoms with Crippen molar-refractivity contribution in [2.24, 2.45) is 5.41 Å². The molecular weight excluding hydrogens is 504 g/mol. The van der Waals surface area contributed by atoms with Crippen LogP contribution in [-0.4, -0.2) is 31.5 Å². The highest BCUT2D eigenvalue weighted by Gasteiger charge is 2.28. The second-order valence-electron chi connectivity index (χ2n) is 11.1. The van der Waals surface area contributed by atoms with Gasteiger partial charge in [0.2, 0.25) is 0 Å². The molecule has 0 radical (unpaired) electrons. The summed E-state index contributed by atoms with van der Waals surface area (Å²) in [5, 5.41) is 27.1. The van der Waals surface area contributed by atoms with E-state index in [1.54, 1.807) is 17.5 Å². The number of hydrogen-bond acceptors (Lipinski definition) is 8. The van der Waals surface area contributed by atoms with Gasteiger partial charge in [0.05, 0.1) is 56.3 Å². The summed E-state index contributed by atoms with van der Waals surface area (Å²) in [5.41, 5.74) is 7.99. The van der Waals surface area contributed by atoms with E-state index in [1.165, 1.54) is 0 Å². The first kappa shape index (κ1) is 24.8. The quantitative estimate of drug-likeness (QED) is 0.238. The van der Waals surface area contributed by atoms with E-state index in [0.29, 0.717) is 29.2 Å². The summed E-state index contributed by atoms with van der Waals surface area (Å²) in [5.74, 6) is 2.75. The summed E-state index contributed by atoms with van der Waals surface area (Å²) in [4.78, 5) is 9.08. The van der Waals surface area contributed by atoms with E-state index < -0.39 is 0 Å². The van der Waals surface area contributed by atoms with Crippen molar-refractivity contribution in [1.29, 1.82) is 5.26 Å². The van der Waals surface area contributed by atoms with Crippen molar-refractivity contribution in [2.75, 3.05) is 17.2 Å². The fourth-order valence-corrected chi connectivity index (χ4v) is 5.51. The van der Waals surface area contributed by atoms with Crippen molar-refractivity contribution in [2.45, 2.75) is 45.7 Å². The van der Waals surface area contributed by atoms with Crippen LogP contribution in [0.5, 0.6) is 0 Å². The molecule has 8 nitrogen and oxygen atoms in total. The van der Waals surface area contributed by atoms with Gasteiger partial charge >= 0.3 is 0 Å². The number of nitrogens with one attached hydrogen (secondary N) is 2. The first-order chi connectivity index (χ1) is 18.8. The van der Waals surface area contributed by atoms with Crippen LogP contribution < -0.4 is 10.6 Å². The van der Waals surface area contributed by atoms with Crippen LogP contribution in [0.2, 0.25) is 0 Å². The number of hydrogen-bond donors (Lipinski definition) is 2. The van der Waals surface area contributed by atoms with Gasteiger partial charge in [0.1, 0.15) is 11.8 Å². The molecule has 6 rings (SSSR count). The van der Waals surface area contributed by atoms with Gasteiger partial charge in [-0.2, -0.15) is 5.26 Å². The van der Waals surface area contributed by atoms with Crippen molar-refractivity contribution < 1.29 is 0 Å². The number of aromatic nitrogens is 5. The van der Waals surface area contributed by atoms with Crippen LogP contribution in [0.15, 0.2) is 48.2 Å². The third-order valence-electron chi connectivity index (χ3n) is 6.80. The lowest BCUT2D eigenvalue weighted by atomic mass is 9.96. The van der Waals surface area contributed by atoms with Gasteiger partial charge < -0.3 is 10.6 Å². The molecule has 0 saturated heterocycles. The van der Waals surface area contributed by atoms with Crippen molar-refractivity contribution in [3.8, 4) is 18.4 Å². The Morgan fingerprint density at radius 3 is 2.79 bits per heavy atom. The third-order valence-corrected chi connectivity index (χ3v) is 7.69. The zero-order valence-electron chi connectivity index (χ0n) is 22.1. The van der Waals surface area contributed by atoms with Crippen LogP contribution in [0, 0.1) is 29.1 Å². The molecular formula is C30H28N8S. The molecule has 194 valence electrons. The van der Waals surface area contributed by atoms with Gasteiger partial charge in [-0.1, -0.05) is 44.0 Å². The maximum absolute atomic E-state index is 10.1. The standard InChI is InChI=1S/C30H28N8S/c1-5-18-14-32-27-19(13-31)11-20(12-23(27)26(18)33-16-30(2,3)4)35-28(25-15-38(37-36-25)21-9-10-21)22-7-6-8-24-29(22)39-17-34-24/h1,6-8,11-12,14-15,17,21,28,35H,9-10,16H2,2-4H3,(H,32,33)/t28-/m0/s1. The Hall–Kier alpha value is -4.47. The summed E-state index contributed by atoms with van der Waals surface area (Å²) in [6.45, 7) is 7.19. The number of anilines is 2. The fraction of sp³-hybridized carbons (Fsp3) is 0.300. The highest BCUT2D eigenvalue weighted by Crippen LogP contribution is 2.38. The Labute approximate surface area is 231 Å². The molecule has 0 aliphatic heterocycles. The van der Waals surface area contributed by atoms with E-state index in [0.717, 1.165) is 51.1 Å². The van der Waals surface area contributed by atoms with Crippen LogP contribution in [0.1, 0.15) is 68.1 Å².